The molecule has 1 saturated heterocycles. The van der Waals surface area contributed by atoms with Crippen molar-refractivity contribution in [2.75, 3.05) is 38.2 Å². The Balaban J connectivity index is 1.91. The molecular formula is C17H25FN2O3. The Labute approximate surface area is 136 Å². The van der Waals surface area contributed by atoms with Gasteiger partial charge in [-0.1, -0.05) is 13.8 Å². The van der Waals surface area contributed by atoms with Gasteiger partial charge in [-0.2, -0.15) is 0 Å². The minimum atomic E-state index is -0.601. The third-order valence-corrected chi connectivity index (χ3v) is 4.29. The first-order chi connectivity index (χ1) is 10.9. The van der Waals surface area contributed by atoms with Crippen LogP contribution in [0.15, 0.2) is 18.2 Å². The van der Waals surface area contributed by atoms with Gasteiger partial charge >= 0.3 is 0 Å². The first-order valence-corrected chi connectivity index (χ1v) is 7.96. The molecule has 0 bridgehead atoms. The Morgan fingerprint density at radius 3 is 2.48 bits per heavy atom. The van der Waals surface area contributed by atoms with Crippen LogP contribution in [0.3, 0.4) is 0 Å². The zero-order chi connectivity index (χ0) is 17.0. The van der Waals surface area contributed by atoms with Gasteiger partial charge in [0, 0.05) is 37.9 Å². The summed E-state index contributed by atoms with van der Waals surface area (Å²) in [5, 5.41) is 9.83. The molecule has 0 aromatic heterocycles. The van der Waals surface area contributed by atoms with E-state index in [0.717, 1.165) is 5.69 Å². The largest absolute Gasteiger partial charge is 0.494 e. The molecule has 0 spiro atoms. The molecule has 5 nitrogen and oxygen atoms in total. The lowest BCUT2D eigenvalue weighted by atomic mass is 10.0. The number of methoxy groups -OCH3 is 1. The molecule has 1 aliphatic heterocycles. The van der Waals surface area contributed by atoms with Crippen molar-refractivity contribution in [3.05, 3.63) is 24.0 Å². The standard InChI is InChI=1S/C17H25FN2O3/c1-12(2)15(21)11-17(22)20-8-6-19(7-9-20)13-4-5-16(23-3)14(18)10-13/h4-5,10,12,15,21H,6-9,11H2,1-3H3. The van der Waals surface area contributed by atoms with Crippen LogP contribution in [-0.4, -0.2) is 55.3 Å². The van der Waals surface area contributed by atoms with Crippen molar-refractivity contribution in [2.24, 2.45) is 5.92 Å². The number of carbonyl (C=O) groups is 1. The normalized spacial score (nSPS) is 16.6. The molecule has 1 fully saturated rings. The summed E-state index contributed by atoms with van der Waals surface area (Å²) >= 11 is 0. The lowest BCUT2D eigenvalue weighted by Gasteiger charge is -2.36. The maximum absolute atomic E-state index is 13.8. The molecule has 0 radical (unpaired) electrons. The van der Waals surface area contributed by atoms with Gasteiger partial charge in [0.2, 0.25) is 5.91 Å². The predicted molar refractivity (Wildman–Crippen MR) is 87.2 cm³/mol. The second kappa shape index (κ2) is 7.64. The van der Waals surface area contributed by atoms with E-state index in [1.807, 2.05) is 24.8 Å². The Morgan fingerprint density at radius 2 is 1.96 bits per heavy atom. The average molecular weight is 324 g/mol. The van der Waals surface area contributed by atoms with Gasteiger partial charge in [-0.25, -0.2) is 4.39 Å². The van der Waals surface area contributed by atoms with E-state index in [2.05, 4.69) is 0 Å². The van der Waals surface area contributed by atoms with Gasteiger partial charge in [-0.15, -0.1) is 0 Å². The molecule has 1 unspecified atom stereocenters. The van der Waals surface area contributed by atoms with Crippen molar-refractivity contribution in [2.45, 2.75) is 26.4 Å². The molecule has 1 aliphatic rings. The van der Waals surface area contributed by atoms with E-state index < -0.39 is 6.10 Å². The number of amides is 1. The van der Waals surface area contributed by atoms with Crippen LogP contribution in [0, 0.1) is 11.7 Å². The molecule has 1 N–H and O–H groups in total. The Bertz CT molecular complexity index is 543. The van der Waals surface area contributed by atoms with Gasteiger partial charge in [0.05, 0.1) is 19.6 Å². The molecule has 2 rings (SSSR count). The zero-order valence-corrected chi connectivity index (χ0v) is 14.0. The quantitative estimate of drug-likeness (QED) is 0.899. The molecule has 6 heteroatoms. The average Bonchev–Trinajstić information content (AvgIpc) is 2.54. The zero-order valence-electron chi connectivity index (χ0n) is 14.0. The van der Waals surface area contributed by atoms with Crippen molar-refractivity contribution in [3.8, 4) is 5.75 Å². The van der Waals surface area contributed by atoms with E-state index >= 15 is 0 Å². The highest BCUT2D eigenvalue weighted by atomic mass is 19.1. The van der Waals surface area contributed by atoms with Crippen LogP contribution in [0.25, 0.3) is 0 Å². The van der Waals surface area contributed by atoms with Crippen molar-refractivity contribution in [1.29, 1.82) is 0 Å². The van der Waals surface area contributed by atoms with Crippen molar-refractivity contribution in [1.82, 2.24) is 4.90 Å². The Hall–Kier alpha value is -1.82. The number of aliphatic hydroxyl groups excluding tert-OH is 1. The Morgan fingerprint density at radius 1 is 1.30 bits per heavy atom. The topological polar surface area (TPSA) is 53.0 Å². The van der Waals surface area contributed by atoms with Gasteiger partial charge < -0.3 is 19.6 Å². The lowest BCUT2D eigenvalue weighted by molar-refractivity contribution is -0.134. The molecule has 23 heavy (non-hydrogen) atoms. The van der Waals surface area contributed by atoms with Crippen molar-refractivity contribution < 1.29 is 19.0 Å². The minimum absolute atomic E-state index is 0.0215. The predicted octanol–water partition coefficient (Wildman–Crippen LogP) is 1.89. The Kier molecular flexibility index (Phi) is 5.82. The first kappa shape index (κ1) is 17.5. The molecule has 1 aromatic carbocycles. The molecular weight excluding hydrogens is 299 g/mol. The van der Waals surface area contributed by atoms with Crippen LogP contribution in [0.1, 0.15) is 20.3 Å². The number of anilines is 1. The number of ether oxygens (including phenoxy) is 1. The summed E-state index contributed by atoms with van der Waals surface area (Å²) in [6.07, 6.45) is -0.439. The number of halogens is 1. The molecule has 0 saturated carbocycles. The highest BCUT2D eigenvalue weighted by Crippen LogP contribution is 2.24. The molecule has 1 amide bonds. The summed E-state index contributed by atoms with van der Waals surface area (Å²) in [5.41, 5.74) is 0.789. The molecule has 0 aliphatic carbocycles. The van der Waals surface area contributed by atoms with E-state index in [1.165, 1.54) is 13.2 Å². The van der Waals surface area contributed by atoms with E-state index in [0.29, 0.717) is 26.2 Å². The fraction of sp³-hybridized carbons (Fsp3) is 0.588. The van der Waals surface area contributed by atoms with Crippen molar-refractivity contribution >= 4 is 11.6 Å². The maximum Gasteiger partial charge on any atom is 0.225 e. The van der Waals surface area contributed by atoms with E-state index in [1.54, 1.807) is 11.0 Å². The number of nitrogens with zero attached hydrogens (tertiary/aromatic N) is 2. The lowest BCUT2D eigenvalue weighted by Crippen LogP contribution is -2.49. The van der Waals surface area contributed by atoms with Crippen molar-refractivity contribution in [3.63, 3.8) is 0 Å². The number of hydrogen-bond donors (Lipinski definition) is 1. The van der Waals surface area contributed by atoms with E-state index in [9.17, 15) is 14.3 Å². The van der Waals surface area contributed by atoms with Gasteiger partial charge in [-0.05, 0) is 18.1 Å². The minimum Gasteiger partial charge on any atom is -0.494 e. The molecule has 1 aromatic rings. The summed E-state index contributed by atoms with van der Waals surface area (Å²) < 4.78 is 18.7. The molecule has 1 atom stereocenters. The summed E-state index contributed by atoms with van der Waals surface area (Å²) in [7, 11) is 1.44. The third kappa shape index (κ3) is 4.34. The van der Waals surface area contributed by atoms with E-state index in [4.69, 9.17) is 4.74 Å². The van der Waals surface area contributed by atoms with Crippen LogP contribution in [0.5, 0.6) is 5.75 Å². The summed E-state index contributed by atoms with van der Waals surface area (Å²) in [6.45, 7) is 6.25. The molecule has 128 valence electrons. The SMILES string of the molecule is COc1ccc(N2CCN(C(=O)CC(O)C(C)C)CC2)cc1F. The summed E-state index contributed by atoms with van der Waals surface area (Å²) in [6, 6.07) is 4.89. The summed E-state index contributed by atoms with van der Waals surface area (Å²) in [5.74, 6) is -0.108. The number of carbonyl (C=O) groups excluding carboxylic acids is 1. The number of piperazine rings is 1. The second-order valence-corrected chi connectivity index (χ2v) is 6.20. The highest BCUT2D eigenvalue weighted by molar-refractivity contribution is 5.77. The summed E-state index contributed by atoms with van der Waals surface area (Å²) in [4.78, 5) is 16.0. The fourth-order valence-electron chi connectivity index (χ4n) is 2.61. The third-order valence-electron chi connectivity index (χ3n) is 4.29. The number of benzene rings is 1. The number of aliphatic hydroxyl groups is 1. The number of hydrogen-bond acceptors (Lipinski definition) is 4. The van der Waals surface area contributed by atoms with Crippen LogP contribution in [0.2, 0.25) is 0 Å². The van der Waals surface area contributed by atoms with Gasteiger partial charge in [0.25, 0.3) is 0 Å². The number of rotatable bonds is 5. The van der Waals surface area contributed by atoms with Gasteiger partial charge in [0.15, 0.2) is 11.6 Å². The van der Waals surface area contributed by atoms with Gasteiger partial charge in [-0.3, -0.25) is 4.79 Å². The molecule has 1 heterocycles. The van der Waals surface area contributed by atoms with Crippen LogP contribution < -0.4 is 9.64 Å². The fourth-order valence-corrected chi connectivity index (χ4v) is 2.61. The van der Waals surface area contributed by atoms with E-state index in [-0.39, 0.29) is 29.8 Å². The highest BCUT2D eigenvalue weighted by Gasteiger charge is 2.24. The van der Waals surface area contributed by atoms with Crippen LogP contribution in [0.4, 0.5) is 10.1 Å². The second-order valence-electron chi connectivity index (χ2n) is 6.20. The smallest absolute Gasteiger partial charge is 0.225 e. The maximum atomic E-state index is 13.8. The monoisotopic (exact) mass is 324 g/mol. The first-order valence-electron chi connectivity index (χ1n) is 7.96. The van der Waals surface area contributed by atoms with Crippen LogP contribution in [-0.2, 0) is 4.79 Å². The van der Waals surface area contributed by atoms with Gasteiger partial charge in [0.1, 0.15) is 0 Å². The van der Waals surface area contributed by atoms with Crippen LogP contribution >= 0.6 is 0 Å².